The first-order valence-corrected chi connectivity index (χ1v) is 37.2. The minimum Gasteiger partial charge on any atom is -0.504 e. The number of phenolic OH excluding ortho intramolecular Hbond substituents is 29. The lowest BCUT2D eigenvalue weighted by molar-refractivity contribution is -0.283. The predicted octanol–water partition coefficient (Wildman–Crippen LogP) is 3.69. The zero-order valence-electron chi connectivity index (χ0n) is 65.4. The fourth-order valence-electron chi connectivity index (χ4n) is 15.2. The van der Waals surface area contributed by atoms with E-state index in [-0.39, 0.29) is 54.6 Å². The Morgan fingerprint density at radius 3 is 0.739 bits per heavy atom. The number of fused-ring (bicyclic) bond motifs is 18. The van der Waals surface area contributed by atoms with Gasteiger partial charge >= 0.3 is 59.7 Å². The average molecular weight is 1870 g/mol. The van der Waals surface area contributed by atoms with Gasteiger partial charge in [-0.05, 0) is 60.7 Å². The molecule has 16 rings (SSSR count). The van der Waals surface area contributed by atoms with Gasteiger partial charge in [0.05, 0.1) is 50.1 Å². The Hall–Kier alpha value is -19.2. The van der Waals surface area contributed by atoms with E-state index >= 15 is 38.4 Å². The van der Waals surface area contributed by atoms with Crippen LogP contribution in [0.3, 0.4) is 0 Å². The number of hydrogen-bond acceptors (Lipinski definition) is 52. The van der Waals surface area contributed by atoms with Crippen LogP contribution < -0.4 is 4.74 Å². The molecule has 6 aliphatic heterocycles. The van der Waals surface area contributed by atoms with Crippen molar-refractivity contribution in [3.63, 3.8) is 0 Å². The number of esters is 10. The molecule has 10 aromatic rings. The summed E-state index contributed by atoms with van der Waals surface area (Å²) in [6.07, 6.45) is -28.4. The van der Waals surface area contributed by atoms with Gasteiger partial charge in [-0.15, -0.1) is 0 Å². The van der Waals surface area contributed by atoms with Gasteiger partial charge in [0.1, 0.15) is 31.0 Å². The summed E-state index contributed by atoms with van der Waals surface area (Å²) in [5.41, 5.74) is -23.2. The van der Waals surface area contributed by atoms with Gasteiger partial charge < -0.3 is 210 Å². The highest BCUT2D eigenvalue weighted by atomic mass is 16.8. The van der Waals surface area contributed by atoms with Gasteiger partial charge in [-0.2, -0.15) is 0 Å². The lowest BCUT2D eigenvalue weighted by Gasteiger charge is -2.44. The van der Waals surface area contributed by atoms with Crippen LogP contribution in [0.5, 0.6) is 178 Å². The maximum absolute atomic E-state index is 15.4. The molecule has 29 N–H and O–H groups in total. The number of benzene rings is 10. The highest BCUT2D eigenvalue weighted by Gasteiger charge is 2.59. The third-order valence-corrected chi connectivity index (χ3v) is 21.6. The van der Waals surface area contributed by atoms with Crippen molar-refractivity contribution >= 4 is 59.7 Å². The van der Waals surface area contributed by atoms with Crippen LogP contribution in [0, 0.1) is 0 Å². The van der Waals surface area contributed by atoms with E-state index in [2.05, 4.69) is 0 Å². The van der Waals surface area contributed by atoms with Crippen molar-refractivity contribution in [3.8, 4) is 223 Å². The van der Waals surface area contributed by atoms with E-state index < -0.39 is 413 Å². The number of ether oxygens (including phenoxy) is 13. The smallest absolute Gasteiger partial charge is 0.344 e. The number of hydrogen-bond donors (Lipinski definition) is 29. The van der Waals surface area contributed by atoms with E-state index in [1.54, 1.807) is 0 Å². The van der Waals surface area contributed by atoms with Crippen molar-refractivity contribution in [1.29, 1.82) is 0 Å². The summed E-state index contributed by atoms with van der Waals surface area (Å²) in [6, 6.07) is 2.87. The summed E-state index contributed by atoms with van der Waals surface area (Å²) >= 11 is 0. The number of carbonyl (C=O) groups excluding carboxylic acids is 10. The summed E-state index contributed by atoms with van der Waals surface area (Å²) in [4.78, 5) is 150. The molecule has 2 fully saturated rings. The van der Waals surface area contributed by atoms with Crippen molar-refractivity contribution in [2.45, 2.75) is 61.4 Å². The summed E-state index contributed by atoms with van der Waals surface area (Å²) in [6.45, 7) is -3.12. The molecule has 10 atom stereocenters. The highest BCUT2D eigenvalue weighted by Crippen LogP contribution is 2.61. The molecule has 2 saturated heterocycles. The van der Waals surface area contributed by atoms with Crippen LogP contribution in [0.2, 0.25) is 0 Å². The van der Waals surface area contributed by atoms with Crippen LogP contribution in [0.15, 0.2) is 66.7 Å². The molecule has 134 heavy (non-hydrogen) atoms. The molecule has 694 valence electrons. The molecule has 0 aromatic heterocycles. The predicted molar refractivity (Wildman–Crippen MR) is 413 cm³/mol. The average Bonchev–Trinajstić information content (AvgIpc) is 1.19. The molecule has 0 spiro atoms. The molecule has 0 saturated carbocycles. The van der Waals surface area contributed by atoms with Gasteiger partial charge in [-0.25, -0.2) is 47.9 Å². The van der Waals surface area contributed by atoms with Gasteiger partial charge in [0, 0.05) is 50.6 Å². The molecule has 6 aliphatic rings. The second kappa shape index (κ2) is 31.7. The summed E-state index contributed by atoms with van der Waals surface area (Å²) < 4.78 is 74.7. The molecule has 0 amide bonds. The molecule has 10 aromatic carbocycles. The third-order valence-electron chi connectivity index (χ3n) is 21.6. The SMILES string of the molecule is O=C(O[C@H]1O[C@@H]2COC(=O)c3cc(O)c(O)c(O)c3-c3c(cc(O)c(O)c3O)C(=O)O[C@H]2[C@@H]2OC(=O)c3cc(O)c(O)c(O)c3-c3c(cc(O)c(O)c3O)C(=O)O[C@@H]12)c1cc(O)c(O)c(Oc2c(C(=O)O[C@@H]3O[C@@H]4COC(=O)c5cc(O)c(O)c(O)c5-c5c(cc(O)c(O)c5O)C(=O)O[C@H]4[C@@H]4OC(=O)c5cc(O)c(O)c(O)c5-c5c(cc(O)c(O)c5O)C(=O)O[C@@H]34)cc(O)c(O)c2O)c1. The van der Waals surface area contributed by atoms with Crippen LogP contribution in [0.25, 0.3) is 44.5 Å². The maximum atomic E-state index is 15.4. The Kier molecular flexibility index (Phi) is 20.9. The zero-order chi connectivity index (χ0) is 97.2. The summed E-state index contributed by atoms with van der Waals surface area (Å²) in [5, 5.41) is 322. The minimum absolute atomic E-state index is 0.111. The number of cyclic esters (lactones) is 2. The molecule has 52 heteroatoms. The van der Waals surface area contributed by atoms with Gasteiger partial charge in [-0.1, -0.05) is 0 Å². The molecule has 52 nitrogen and oxygen atoms in total. The summed E-state index contributed by atoms with van der Waals surface area (Å²) in [5.74, 6) is -68.5. The first-order chi connectivity index (χ1) is 63.1. The first-order valence-electron chi connectivity index (χ1n) is 37.2. The number of aromatic hydroxyl groups is 29. The van der Waals surface area contributed by atoms with Crippen molar-refractivity contribution in [2.24, 2.45) is 0 Å². The van der Waals surface area contributed by atoms with Crippen LogP contribution >= 0.6 is 0 Å². The third kappa shape index (κ3) is 13.9. The number of carbonyl (C=O) groups is 10. The Morgan fingerprint density at radius 2 is 0.463 bits per heavy atom. The second-order valence-electron chi connectivity index (χ2n) is 29.4. The standard InChI is InChI=1S/C82H54O52/c83-24-1-14(71(112)133-81-69-67(129-76(117)19-7-29(88)50(98)59(107)41(19)43-21(78(119)131-69)9-31(90)52(100)61(43)109)65-35(125-81)12-122-72(113)15-3-25(84)46(94)55(103)37(15)39-17(74(115)127-65)5-27(86)48(96)57(39)105)2-34(45(24)93)124-64-23(11-33(92)54(102)63(64)111)80(121)134-82-70-68(130-77(118)20-8-30(89)51(99)60(108)42(20)44-22(79(120)132-70)10-32(91)53(101)62(44)110)66-36(126-82)13-123-73(114)16-4-26(85)47(95)56(104)38(16)40-18(75(116)128-66)6-28(87)49(97)58(40)106/h1-11,35-36,65-70,81-111H,12-13H2/t35-,36-,65-,66-,67+,68+,69-,70-,81-,82+/m1/s1. The van der Waals surface area contributed by atoms with E-state index in [1.165, 1.54) is 0 Å². The molecule has 0 bridgehead atoms. The lowest BCUT2D eigenvalue weighted by atomic mass is 9.91. The molecular formula is C82H54O52. The van der Waals surface area contributed by atoms with Crippen LogP contribution in [-0.2, 0) is 56.8 Å². The Bertz CT molecular complexity index is 6980. The van der Waals surface area contributed by atoms with Gasteiger partial charge in [-0.3, -0.25) is 0 Å². The maximum Gasteiger partial charge on any atom is 0.344 e. The fourth-order valence-corrected chi connectivity index (χ4v) is 15.2. The number of phenols is 29. The van der Waals surface area contributed by atoms with Crippen molar-refractivity contribution in [2.75, 3.05) is 13.2 Å². The van der Waals surface area contributed by atoms with Crippen molar-refractivity contribution in [3.05, 3.63) is 122 Å². The fraction of sp³-hybridized carbons (Fsp3) is 0.146. The van der Waals surface area contributed by atoms with E-state index in [1.807, 2.05) is 0 Å². The lowest BCUT2D eigenvalue weighted by Crippen LogP contribution is -2.63. The van der Waals surface area contributed by atoms with Crippen LogP contribution in [0.4, 0.5) is 0 Å². The zero-order valence-corrected chi connectivity index (χ0v) is 65.4. The molecular weight excluding hydrogens is 1820 g/mol. The van der Waals surface area contributed by atoms with E-state index in [0.29, 0.717) is 12.1 Å². The van der Waals surface area contributed by atoms with E-state index in [9.17, 15) is 158 Å². The van der Waals surface area contributed by atoms with Crippen LogP contribution in [0.1, 0.15) is 104 Å². The normalized spacial score (nSPS) is 20.1. The van der Waals surface area contributed by atoms with Gasteiger partial charge in [0.2, 0.25) is 88.0 Å². The quantitative estimate of drug-likeness (QED) is 0.0641. The molecule has 0 aliphatic carbocycles. The number of rotatable bonds is 6. The first kappa shape index (κ1) is 88.3. The molecule has 0 radical (unpaired) electrons. The topological polar surface area (TPSA) is 877 Å². The van der Waals surface area contributed by atoms with E-state index in [0.717, 1.165) is 0 Å². The van der Waals surface area contributed by atoms with Crippen molar-refractivity contribution < 1.29 is 258 Å². The highest BCUT2D eigenvalue weighted by molar-refractivity contribution is 6.13. The minimum atomic E-state index is -3.08. The van der Waals surface area contributed by atoms with Crippen LogP contribution in [-0.4, -0.2) is 282 Å². The Morgan fingerprint density at radius 1 is 0.239 bits per heavy atom. The largest absolute Gasteiger partial charge is 0.504 e. The Labute approximate surface area is 734 Å². The Balaban J connectivity index is 0.804. The van der Waals surface area contributed by atoms with Gasteiger partial charge in [0.15, 0.2) is 139 Å². The van der Waals surface area contributed by atoms with Crippen molar-refractivity contribution in [1.82, 2.24) is 0 Å². The second-order valence-corrected chi connectivity index (χ2v) is 29.4. The molecule has 6 heterocycles. The van der Waals surface area contributed by atoms with Gasteiger partial charge in [0.25, 0.3) is 0 Å². The summed E-state index contributed by atoms with van der Waals surface area (Å²) in [7, 11) is 0. The van der Waals surface area contributed by atoms with E-state index in [4.69, 9.17) is 61.6 Å². The monoisotopic (exact) mass is 1870 g/mol. The molecule has 0 unspecified atom stereocenters.